The van der Waals surface area contributed by atoms with E-state index in [-0.39, 0.29) is 0 Å². The maximum Gasteiger partial charge on any atom is 0.303 e. The zero-order valence-electron chi connectivity index (χ0n) is 5.18. The first-order valence-electron chi connectivity index (χ1n) is 2.44. The maximum atomic E-state index is 9.60. The molecule has 0 saturated heterocycles. The topological polar surface area (TPSA) is 78.2 Å². The molecule has 0 atom stereocenters. The number of isocyanates is 1. The van der Waals surface area contributed by atoms with Gasteiger partial charge in [0, 0.05) is 6.42 Å². The molecule has 0 aliphatic rings. The first-order valence-corrected chi connectivity index (χ1v) is 2.44. The number of carboxylic acid groups (broad SMARTS) is 1. The average molecular weight is 131 g/mol. The van der Waals surface area contributed by atoms with Gasteiger partial charge in [-0.25, -0.2) is 10.2 Å². The minimum absolute atomic E-state index is 0.292. The molecule has 2 N–H and O–H groups in total. The molecule has 0 aromatic rings. The van der Waals surface area contributed by atoms with Crippen LogP contribution in [0.5, 0.6) is 0 Å². The molecule has 0 aliphatic heterocycles. The van der Waals surface area contributed by atoms with Gasteiger partial charge in [0.05, 0.1) is 0 Å². The van der Waals surface area contributed by atoms with Gasteiger partial charge in [0.25, 0.3) is 0 Å². The fourth-order valence-electron chi connectivity index (χ4n) is 0.214. The number of hydrogen-bond donors (Lipinski definition) is 2. The van der Waals surface area contributed by atoms with Crippen molar-refractivity contribution in [3.63, 3.8) is 0 Å². The highest BCUT2D eigenvalue weighted by molar-refractivity contribution is 5.66. The summed E-state index contributed by atoms with van der Waals surface area (Å²) < 4.78 is 0. The molecule has 0 fully saturated rings. The lowest BCUT2D eigenvalue weighted by Gasteiger charge is -1.79. The Bertz CT molecular complexity index is 105. The van der Waals surface area contributed by atoms with Crippen LogP contribution in [0.3, 0.4) is 0 Å². The van der Waals surface area contributed by atoms with Crippen molar-refractivity contribution in [3.05, 3.63) is 0 Å². The van der Waals surface area contributed by atoms with Gasteiger partial charge < -0.3 is 5.11 Å². The van der Waals surface area contributed by atoms with E-state index in [0.29, 0.717) is 6.42 Å². The van der Waals surface area contributed by atoms with E-state index < -0.39 is 5.97 Å². The minimum atomic E-state index is -0.711. The molecule has 0 spiro atoms. The highest BCUT2D eigenvalue weighted by atomic mass is 16.4. The molecule has 0 amide bonds. The summed E-state index contributed by atoms with van der Waals surface area (Å²) in [7, 11) is 0. The van der Waals surface area contributed by atoms with Crippen LogP contribution >= 0.6 is 0 Å². The van der Waals surface area contributed by atoms with Crippen molar-refractivity contribution in [1.82, 2.24) is 0 Å². The van der Waals surface area contributed by atoms with E-state index in [9.17, 15) is 4.79 Å². The summed E-state index contributed by atoms with van der Waals surface area (Å²) in [5, 5.41) is 13.3. The van der Waals surface area contributed by atoms with Crippen molar-refractivity contribution in [2.24, 2.45) is 0 Å². The summed E-state index contributed by atoms with van der Waals surface area (Å²) in [5.74, 6) is -0.711. The fraction of sp³-hybridized carbons (Fsp3) is 0.600. The predicted molar refractivity (Wildman–Crippen MR) is 31.0 cm³/mol. The molecule has 4 heteroatoms. The molecule has 0 heterocycles. The maximum absolute atomic E-state index is 9.60. The highest BCUT2D eigenvalue weighted by Crippen LogP contribution is 1.82. The van der Waals surface area contributed by atoms with Gasteiger partial charge in [0.2, 0.25) is 6.08 Å². The molecule has 0 radical (unpaired) electrons. The normalized spacial score (nSPS) is 6.33. The lowest BCUT2D eigenvalue weighted by Crippen LogP contribution is -1.90. The van der Waals surface area contributed by atoms with Crippen molar-refractivity contribution in [2.45, 2.75) is 19.8 Å². The van der Waals surface area contributed by atoms with Crippen LogP contribution in [0.1, 0.15) is 19.8 Å². The Hall–Kier alpha value is -1.15. The molecule has 0 unspecified atom stereocenters. The Morgan fingerprint density at radius 3 is 2.11 bits per heavy atom. The van der Waals surface area contributed by atoms with E-state index in [0.717, 1.165) is 12.5 Å². The lowest BCUT2D eigenvalue weighted by molar-refractivity contribution is -0.137. The van der Waals surface area contributed by atoms with Crippen LogP contribution in [-0.4, -0.2) is 17.2 Å². The van der Waals surface area contributed by atoms with Gasteiger partial charge in [-0.3, -0.25) is 4.79 Å². The molecule has 0 saturated carbocycles. The predicted octanol–water partition coefficient (Wildman–Crippen LogP) is 0.772. The molecule has 0 aromatic heterocycles. The van der Waals surface area contributed by atoms with Crippen LogP contribution in [0.15, 0.2) is 0 Å². The van der Waals surface area contributed by atoms with Crippen molar-refractivity contribution < 1.29 is 14.7 Å². The largest absolute Gasteiger partial charge is 0.481 e. The average Bonchev–Trinajstić information content (AvgIpc) is 1.67. The van der Waals surface area contributed by atoms with Crippen molar-refractivity contribution >= 4 is 12.0 Å². The summed E-state index contributed by atoms with van der Waals surface area (Å²) in [6.07, 6.45) is 1.77. The van der Waals surface area contributed by atoms with Gasteiger partial charge >= 0.3 is 5.97 Å². The summed E-state index contributed by atoms with van der Waals surface area (Å²) in [4.78, 5) is 17.9. The summed E-state index contributed by atoms with van der Waals surface area (Å²) in [6, 6.07) is 0. The Kier molecular flexibility index (Phi) is 11.9. The quantitative estimate of drug-likeness (QED) is 0.429. The number of carbonyl (C=O) groups is 1. The number of hydrogen-bond acceptors (Lipinski definition) is 3. The van der Waals surface area contributed by atoms with Gasteiger partial charge in [0.1, 0.15) is 0 Å². The molecule has 0 bridgehead atoms. The molecule has 9 heavy (non-hydrogen) atoms. The Morgan fingerprint density at radius 1 is 1.78 bits per heavy atom. The number of nitrogens with one attached hydrogen (secondary N) is 1. The summed E-state index contributed by atoms with van der Waals surface area (Å²) >= 11 is 0. The Labute approximate surface area is 53.0 Å². The van der Waals surface area contributed by atoms with E-state index in [1.165, 1.54) is 0 Å². The SMILES string of the molecule is CCCC(=O)O.N=C=O. The third kappa shape index (κ3) is 47.1. The van der Waals surface area contributed by atoms with Gasteiger partial charge in [-0.2, -0.15) is 0 Å². The van der Waals surface area contributed by atoms with E-state index in [1.807, 2.05) is 6.92 Å². The van der Waals surface area contributed by atoms with Crippen LogP contribution in [0, 0.1) is 5.41 Å². The number of aliphatic carboxylic acids is 1. The van der Waals surface area contributed by atoms with Gasteiger partial charge in [-0.1, -0.05) is 6.92 Å². The van der Waals surface area contributed by atoms with Gasteiger partial charge in [-0.15, -0.1) is 0 Å². The second kappa shape index (κ2) is 9.97. The second-order valence-corrected chi connectivity index (χ2v) is 1.25. The molecule has 0 aromatic carbocycles. The van der Waals surface area contributed by atoms with E-state index >= 15 is 0 Å². The van der Waals surface area contributed by atoms with Crippen LogP contribution in [0.4, 0.5) is 0 Å². The Morgan fingerprint density at radius 2 is 2.11 bits per heavy atom. The molecule has 4 nitrogen and oxygen atoms in total. The third-order valence-electron chi connectivity index (χ3n) is 0.464. The van der Waals surface area contributed by atoms with Crippen LogP contribution in [0.2, 0.25) is 0 Å². The zero-order valence-corrected chi connectivity index (χ0v) is 5.18. The first kappa shape index (κ1) is 10.8. The molecular weight excluding hydrogens is 122 g/mol. The smallest absolute Gasteiger partial charge is 0.303 e. The number of rotatable bonds is 2. The van der Waals surface area contributed by atoms with Crippen molar-refractivity contribution in [3.8, 4) is 0 Å². The monoisotopic (exact) mass is 131 g/mol. The second-order valence-electron chi connectivity index (χ2n) is 1.25. The molecule has 0 rings (SSSR count). The van der Waals surface area contributed by atoms with Crippen molar-refractivity contribution in [2.75, 3.05) is 0 Å². The fourth-order valence-corrected chi connectivity index (χ4v) is 0.214. The van der Waals surface area contributed by atoms with Crippen LogP contribution in [0.25, 0.3) is 0 Å². The van der Waals surface area contributed by atoms with Crippen LogP contribution < -0.4 is 0 Å². The highest BCUT2D eigenvalue weighted by Gasteiger charge is 1.87. The van der Waals surface area contributed by atoms with E-state index in [2.05, 4.69) is 0 Å². The van der Waals surface area contributed by atoms with E-state index in [4.69, 9.17) is 15.3 Å². The van der Waals surface area contributed by atoms with Gasteiger partial charge in [0.15, 0.2) is 0 Å². The first-order chi connectivity index (χ1) is 4.18. The van der Waals surface area contributed by atoms with E-state index in [1.54, 1.807) is 0 Å². The standard InChI is InChI=1S/C4H8O2.CHNO/c1-2-3-4(5)6;2-1-3/h2-3H2,1H3,(H,5,6);2H. The zero-order chi connectivity index (χ0) is 7.70. The number of carboxylic acids is 1. The molecule has 52 valence electrons. The third-order valence-corrected chi connectivity index (χ3v) is 0.464. The van der Waals surface area contributed by atoms with Crippen molar-refractivity contribution in [1.29, 1.82) is 5.41 Å². The van der Waals surface area contributed by atoms with Crippen LogP contribution in [-0.2, 0) is 9.59 Å². The number of carbonyl (C=O) groups excluding carboxylic acids is 1. The lowest BCUT2D eigenvalue weighted by atomic mass is 10.4. The molecule has 0 aliphatic carbocycles. The molecular formula is C5H9NO3. The minimum Gasteiger partial charge on any atom is -0.481 e. The summed E-state index contributed by atoms with van der Waals surface area (Å²) in [5.41, 5.74) is 0. The van der Waals surface area contributed by atoms with Gasteiger partial charge in [-0.05, 0) is 6.42 Å². The Balaban J connectivity index is 0. The summed E-state index contributed by atoms with van der Waals surface area (Å²) in [6.45, 7) is 1.84.